The zero-order valence-electron chi connectivity index (χ0n) is 17.1. The van der Waals surface area contributed by atoms with Crippen LogP contribution >= 0.6 is 0 Å². The number of aromatic nitrogens is 1. The van der Waals surface area contributed by atoms with Gasteiger partial charge in [-0.05, 0) is 34.1 Å². The molecular weight excluding hydrogens is 328 g/mol. The second kappa shape index (κ2) is 10.5. The van der Waals surface area contributed by atoms with E-state index in [9.17, 15) is 0 Å². The summed E-state index contributed by atoms with van der Waals surface area (Å²) in [6.45, 7) is 16.0. The van der Waals surface area contributed by atoms with E-state index in [0.717, 1.165) is 63.9 Å². The highest BCUT2D eigenvalue weighted by molar-refractivity contribution is 5.79. The first kappa shape index (κ1) is 20.7. The first-order valence-electron chi connectivity index (χ1n) is 9.84. The van der Waals surface area contributed by atoms with Crippen molar-refractivity contribution in [2.24, 2.45) is 4.99 Å². The molecule has 1 aliphatic rings. The second-order valence-corrected chi connectivity index (χ2v) is 7.51. The summed E-state index contributed by atoms with van der Waals surface area (Å²) < 4.78 is 4.91. The third-order valence-corrected chi connectivity index (χ3v) is 4.96. The van der Waals surface area contributed by atoms with Crippen LogP contribution in [0.2, 0.25) is 0 Å². The fourth-order valence-electron chi connectivity index (χ4n) is 3.57. The standard InChI is InChI=1S/C19H36N6O/c1-16(2)25(17(3)4)9-6-8-21-19(20-5)24-12-10-23(11-13-24)15-18-7-14-26-22-18/h7,14,16-17H,6,8-13,15H2,1-5H3,(H,20,21). The molecule has 0 spiro atoms. The topological polar surface area (TPSA) is 60.1 Å². The van der Waals surface area contributed by atoms with Gasteiger partial charge in [0.15, 0.2) is 5.96 Å². The van der Waals surface area contributed by atoms with Crippen LogP contribution in [0.3, 0.4) is 0 Å². The molecule has 1 aromatic heterocycles. The van der Waals surface area contributed by atoms with Crippen LogP contribution in [-0.2, 0) is 6.54 Å². The van der Waals surface area contributed by atoms with Crippen molar-refractivity contribution in [3.05, 3.63) is 18.0 Å². The van der Waals surface area contributed by atoms with Crippen molar-refractivity contribution in [1.82, 2.24) is 25.2 Å². The third kappa shape index (κ3) is 6.29. The molecule has 0 unspecified atom stereocenters. The van der Waals surface area contributed by atoms with Crippen LogP contribution in [0.4, 0.5) is 0 Å². The van der Waals surface area contributed by atoms with E-state index in [1.54, 1.807) is 6.26 Å². The van der Waals surface area contributed by atoms with Gasteiger partial charge in [0.1, 0.15) is 6.26 Å². The van der Waals surface area contributed by atoms with Crippen LogP contribution in [-0.4, -0.2) is 84.2 Å². The minimum Gasteiger partial charge on any atom is -0.364 e. The molecule has 0 atom stereocenters. The first-order valence-corrected chi connectivity index (χ1v) is 9.84. The second-order valence-electron chi connectivity index (χ2n) is 7.51. The Morgan fingerprint density at radius 2 is 1.92 bits per heavy atom. The molecule has 1 aromatic rings. The number of piperazine rings is 1. The largest absolute Gasteiger partial charge is 0.364 e. The Bertz CT molecular complexity index is 512. The van der Waals surface area contributed by atoms with Crippen LogP contribution in [0.1, 0.15) is 39.8 Å². The summed E-state index contributed by atoms with van der Waals surface area (Å²) in [7, 11) is 1.87. The van der Waals surface area contributed by atoms with Gasteiger partial charge in [-0.3, -0.25) is 14.8 Å². The van der Waals surface area contributed by atoms with Crippen molar-refractivity contribution < 1.29 is 4.52 Å². The first-order chi connectivity index (χ1) is 12.5. The predicted molar refractivity (Wildman–Crippen MR) is 106 cm³/mol. The minimum atomic E-state index is 0.590. The molecule has 7 nitrogen and oxygen atoms in total. The third-order valence-electron chi connectivity index (χ3n) is 4.96. The van der Waals surface area contributed by atoms with Crippen molar-refractivity contribution in [3.8, 4) is 0 Å². The lowest BCUT2D eigenvalue weighted by Crippen LogP contribution is -2.52. The maximum atomic E-state index is 4.91. The molecule has 1 aliphatic heterocycles. The normalized spacial score (nSPS) is 16.9. The highest BCUT2D eigenvalue weighted by atomic mass is 16.5. The average Bonchev–Trinajstić information content (AvgIpc) is 3.11. The zero-order chi connectivity index (χ0) is 18.9. The Morgan fingerprint density at radius 3 is 2.46 bits per heavy atom. The fourth-order valence-corrected chi connectivity index (χ4v) is 3.57. The van der Waals surface area contributed by atoms with E-state index in [-0.39, 0.29) is 0 Å². The van der Waals surface area contributed by atoms with Crippen molar-refractivity contribution >= 4 is 5.96 Å². The van der Waals surface area contributed by atoms with Gasteiger partial charge in [0.2, 0.25) is 0 Å². The highest BCUT2D eigenvalue weighted by Crippen LogP contribution is 2.08. The van der Waals surface area contributed by atoms with Crippen molar-refractivity contribution in [3.63, 3.8) is 0 Å². The molecule has 0 aliphatic carbocycles. The molecule has 2 rings (SSSR count). The maximum absolute atomic E-state index is 4.91. The number of nitrogens with zero attached hydrogens (tertiary/aromatic N) is 5. The van der Waals surface area contributed by atoms with Crippen LogP contribution in [0, 0.1) is 0 Å². The lowest BCUT2D eigenvalue weighted by molar-refractivity contribution is 0.166. The molecule has 1 fully saturated rings. The molecule has 148 valence electrons. The van der Waals surface area contributed by atoms with Crippen LogP contribution in [0.25, 0.3) is 0 Å². The number of guanidine groups is 1. The number of rotatable bonds is 8. The lowest BCUT2D eigenvalue weighted by atomic mass is 10.2. The quantitative estimate of drug-likeness (QED) is 0.432. The van der Waals surface area contributed by atoms with E-state index >= 15 is 0 Å². The molecule has 7 heteroatoms. The van der Waals surface area contributed by atoms with Crippen molar-refractivity contribution in [1.29, 1.82) is 0 Å². The van der Waals surface area contributed by atoms with Gasteiger partial charge in [-0.15, -0.1) is 0 Å². The molecule has 26 heavy (non-hydrogen) atoms. The Hall–Kier alpha value is -1.60. The minimum absolute atomic E-state index is 0.590. The molecule has 0 saturated carbocycles. The Labute approximate surface area is 158 Å². The van der Waals surface area contributed by atoms with Gasteiger partial charge in [-0.2, -0.15) is 0 Å². The van der Waals surface area contributed by atoms with E-state index in [2.05, 4.69) is 57.9 Å². The molecule has 0 bridgehead atoms. The number of hydrogen-bond acceptors (Lipinski definition) is 5. The smallest absolute Gasteiger partial charge is 0.193 e. The van der Waals surface area contributed by atoms with Gasteiger partial charge >= 0.3 is 0 Å². The summed E-state index contributed by atoms with van der Waals surface area (Å²) in [4.78, 5) is 11.8. The van der Waals surface area contributed by atoms with Crippen molar-refractivity contribution in [2.45, 2.75) is 52.7 Å². The Morgan fingerprint density at radius 1 is 1.23 bits per heavy atom. The SMILES string of the molecule is CN=C(NCCCN(C(C)C)C(C)C)N1CCN(Cc2ccon2)CC1. The fraction of sp³-hybridized carbons (Fsp3) is 0.789. The van der Waals surface area contributed by atoms with Crippen molar-refractivity contribution in [2.75, 3.05) is 46.3 Å². The number of hydrogen-bond donors (Lipinski definition) is 1. The van der Waals surface area contributed by atoms with Crippen LogP contribution in [0.15, 0.2) is 21.8 Å². The average molecular weight is 365 g/mol. The summed E-state index contributed by atoms with van der Waals surface area (Å²) in [5.41, 5.74) is 1.00. The predicted octanol–water partition coefficient (Wildman–Crippen LogP) is 1.88. The van der Waals surface area contributed by atoms with E-state index < -0.39 is 0 Å². The Kier molecular flexibility index (Phi) is 8.38. The molecule has 2 heterocycles. The van der Waals surface area contributed by atoms with Gasteiger partial charge in [-0.1, -0.05) is 5.16 Å². The molecule has 0 radical (unpaired) electrons. The van der Waals surface area contributed by atoms with Gasteiger partial charge in [0.25, 0.3) is 0 Å². The molecule has 1 N–H and O–H groups in total. The van der Waals surface area contributed by atoms with Crippen LogP contribution < -0.4 is 5.32 Å². The summed E-state index contributed by atoms with van der Waals surface area (Å²) >= 11 is 0. The highest BCUT2D eigenvalue weighted by Gasteiger charge is 2.20. The molecular formula is C19H36N6O. The number of aliphatic imine (C=N–C) groups is 1. The van der Waals surface area contributed by atoms with E-state index in [0.29, 0.717) is 12.1 Å². The van der Waals surface area contributed by atoms with Gasteiger partial charge in [0, 0.05) is 71.0 Å². The summed E-state index contributed by atoms with van der Waals surface area (Å²) in [5.74, 6) is 1.02. The number of nitrogens with one attached hydrogen (secondary N) is 1. The summed E-state index contributed by atoms with van der Waals surface area (Å²) in [6.07, 6.45) is 2.76. The van der Waals surface area contributed by atoms with E-state index in [4.69, 9.17) is 4.52 Å². The molecule has 1 saturated heterocycles. The summed E-state index contributed by atoms with van der Waals surface area (Å²) in [6, 6.07) is 3.11. The lowest BCUT2D eigenvalue weighted by Gasteiger charge is -2.36. The van der Waals surface area contributed by atoms with Crippen LogP contribution in [0.5, 0.6) is 0 Å². The monoisotopic (exact) mass is 364 g/mol. The van der Waals surface area contributed by atoms with Gasteiger partial charge in [-0.25, -0.2) is 0 Å². The van der Waals surface area contributed by atoms with E-state index in [1.165, 1.54) is 0 Å². The zero-order valence-corrected chi connectivity index (χ0v) is 17.1. The van der Waals surface area contributed by atoms with E-state index in [1.807, 2.05) is 13.1 Å². The molecule has 0 aromatic carbocycles. The maximum Gasteiger partial charge on any atom is 0.193 e. The van der Waals surface area contributed by atoms with Gasteiger partial charge < -0.3 is 14.7 Å². The Balaban J connectivity index is 1.69. The molecule has 0 amide bonds. The summed E-state index contributed by atoms with van der Waals surface area (Å²) in [5, 5.41) is 7.54. The van der Waals surface area contributed by atoms with Gasteiger partial charge in [0.05, 0.1) is 5.69 Å².